The van der Waals surface area contributed by atoms with Crippen LogP contribution in [-0.2, 0) is 14.2 Å². The molecular formula is C8H14O4. The van der Waals surface area contributed by atoms with Gasteiger partial charge in [-0.1, -0.05) is 0 Å². The summed E-state index contributed by atoms with van der Waals surface area (Å²) in [7, 11) is 0. The molecular weight excluding hydrogens is 160 g/mol. The van der Waals surface area contributed by atoms with Crippen LogP contribution < -0.4 is 0 Å². The zero-order chi connectivity index (χ0) is 8.93. The molecule has 0 aliphatic carbocycles. The minimum Gasteiger partial charge on any atom is -0.387 e. The molecule has 2 rings (SSSR count). The molecule has 1 N–H and O–H groups in total. The van der Waals surface area contributed by atoms with Gasteiger partial charge in [0.15, 0.2) is 12.1 Å². The zero-order valence-electron chi connectivity index (χ0n) is 7.48. The second kappa shape index (κ2) is 2.42. The maximum absolute atomic E-state index is 9.57. The second-order valence-corrected chi connectivity index (χ2v) is 3.80. The molecule has 0 aromatic heterocycles. The van der Waals surface area contributed by atoms with Crippen molar-refractivity contribution in [1.29, 1.82) is 0 Å². The van der Waals surface area contributed by atoms with E-state index in [2.05, 4.69) is 0 Å². The van der Waals surface area contributed by atoms with Crippen LogP contribution in [0.25, 0.3) is 0 Å². The van der Waals surface area contributed by atoms with Crippen LogP contribution in [0.1, 0.15) is 20.8 Å². The van der Waals surface area contributed by atoms with Crippen LogP contribution in [0, 0.1) is 0 Å². The first kappa shape index (κ1) is 8.44. The molecule has 0 saturated carbocycles. The molecule has 4 atom stereocenters. The largest absolute Gasteiger partial charge is 0.387 e. The van der Waals surface area contributed by atoms with E-state index in [1.165, 1.54) is 0 Å². The van der Waals surface area contributed by atoms with Gasteiger partial charge >= 0.3 is 0 Å². The number of rotatable bonds is 0. The number of hydrogen-bond donors (Lipinski definition) is 1. The average Bonchev–Trinajstić information content (AvgIpc) is 2.33. The zero-order valence-corrected chi connectivity index (χ0v) is 7.48. The van der Waals surface area contributed by atoms with Crippen molar-refractivity contribution in [1.82, 2.24) is 0 Å². The molecule has 70 valence electrons. The van der Waals surface area contributed by atoms with E-state index in [1.807, 2.05) is 20.8 Å². The highest BCUT2D eigenvalue weighted by Gasteiger charge is 2.52. The third-order valence-corrected chi connectivity index (χ3v) is 2.25. The lowest BCUT2D eigenvalue weighted by Gasteiger charge is -2.20. The Balaban J connectivity index is 2.11. The van der Waals surface area contributed by atoms with E-state index in [9.17, 15) is 5.11 Å². The van der Waals surface area contributed by atoms with E-state index in [1.54, 1.807) is 0 Å². The fraction of sp³-hybridized carbons (Fsp3) is 1.00. The lowest BCUT2D eigenvalue weighted by atomic mass is 10.2. The number of aliphatic hydroxyl groups is 1. The highest BCUT2D eigenvalue weighted by atomic mass is 16.8. The van der Waals surface area contributed by atoms with E-state index < -0.39 is 18.2 Å². The molecule has 2 unspecified atom stereocenters. The van der Waals surface area contributed by atoms with E-state index in [0.29, 0.717) is 0 Å². The Kier molecular flexibility index (Phi) is 1.70. The molecule has 0 aromatic carbocycles. The van der Waals surface area contributed by atoms with Gasteiger partial charge in [0.05, 0.1) is 6.10 Å². The SMILES string of the molecule is C[C@H]1O[C@@H]2OC(C)(C)OC2C1O. The molecule has 0 aromatic rings. The van der Waals surface area contributed by atoms with E-state index in [0.717, 1.165) is 0 Å². The maximum atomic E-state index is 9.57. The average molecular weight is 174 g/mol. The molecule has 0 radical (unpaired) electrons. The second-order valence-electron chi connectivity index (χ2n) is 3.80. The van der Waals surface area contributed by atoms with E-state index in [4.69, 9.17) is 14.2 Å². The standard InChI is InChI=1S/C8H14O4/c1-4-5(9)6-7(10-4)12-8(2,3)11-6/h4-7,9H,1-3H3/t4-,5?,6?,7-/m1/s1. The van der Waals surface area contributed by atoms with Gasteiger partial charge in [-0.25, -0.2) is 0 Å². The summed E-state index contributed by atoms with van der Waals surface area (Å²) >= 11 is 0. The predicted octanol–water partition coefficient (Wildman–Crippen LogP) is 0.244. The molecule has 4 heteroatoms. The topological polar surface area (TPSA) is 47.9 Å². The summed E-state index contributed by atoms with van der Waals surface area (Å²) in [4.78, 5) is 0. The lowest BCUT2D eigenvalue weighted by molar-refractivity contribution is -0.212. The van der Waals surface area contributed by atoms with Crippen LogP contribution in [0.4, 0.5) is 0 Å². The van der Waals surface area contributed by atoms with E-state index >= 15 is 0 Å². The molecule has 2 saturated heterocycles. The Bertz CT molecular complexity index is 191. The molecule has 12 heavy (non-hydrogen) atoms. The third kappa shape index (κ3) is 1.15. The summed E-state index contributed by atoms with van der Waals surface area (Å²) < 4.78 is 16.2. The molecule has 2 fully saturated rings. The van der Waals surface area contributed by atoms with Crippen molar-refractivity contribution in [2.75, 3.05) is 0 Å². The predicted molar refractivity (Wildman–Crippen MR) is 40.4 cm³/mol. The summed E-state index contributed by atoms with van der Waals surface area (Å²) in [5.41, 5.74) is 0. The number of fused-ring (bicyclic) bond motifs is 1. The van der Waals surface area contributed by atoms with Crippen molar-refractivity contribution in [3.63, 3.8) is 0 Å². The Morgan fingerprint density at radius 1 is 1.25 bits per heavy atom. The fourth-order valence-electron chi connectivity index (χ4n) is 1.65. The normalized spacial score (nSPS) is 51.0. The minimum atomic E-state index is -0.629. The Morgan fingerprint density at radius 3 is 2.50 bits per heavy atom. The van der Waals surface area contributed by atoms with Crippen molar-refractivity contribution >= 4 is 0 Å². The summed E-state index contributed by atoms with van der Waals surface area (Å²) in [5, 5.41) is 9.57. The first-order valence-electron chi connectivity index (χ1n) is 4.19. The van der Waals surface area contributed by atoms with Crippen LogP contribution in [-0.4, -0.2) is 35.5 Å². The van der Waals surface area contributed by atoms with Gasteiger partial charge in [0, 0.05) is 0 Å². The fourth-order valence-corrected chi connectivity index (χ4v) is 1.65. The molecule has 0 spiro atoms. The molecule has 0 bridgehead atoms. The van der Waals surface area contributed by atoms with Gasteiger partial charge in [-0.05, 0) is 20.8 Å². The van der Waals surface area contributed by atoms with Gasteiger partial charge in [-0.15, -0.1) is 0 Å². The van der Waals surface area contributed by atoms with Gasteiger partial charge in [-0.2, -0.15) is 0 Å². The quantitative estimate of drug-likeness (QED) is 0.571. The molecule has 2 aliphatic heterocycles. The summed E-state index contributed by atoms with van der Waals surface area (Å²) in [5.74, 6) is -0.629. The summed E-state index contributed by atoms with van der Waals surface area (Å²) in [6.45, 7) is 5.43. The highest BCUT2D eigenvalue weighted by Crippen LogP contribution is 2.36. The van der Waals surface area contributed by atoms with Crippen LogP contribution in [0.15, 0.2) is 0 Å². The summed E-state index contributed by atoms with van der Waals surface area (Å²) in [6, 6.07) is 0. The van der Waals surface area contributed by atoms with Gasteiger partial charge in [0.25, 0.3) is 0 Å². The van der Waals surface area contributed by atoms with Crippen LogP contribution >= 0.6 is 0 Å². The van der Waals surface area contributed by atoms with Gasteiger partial charge < -0.3 is 19.3 Å². The Morgan fingerprint density at radius 2 is 1.92 bits per heavy atom. The van der Waals surface area contributed by atoms with Gasteiger partial charge in [0.2, 0.25) is 0 Å². The molecule has 4 nitrogen and oxygen atoms in total. The molecule has 2 aliphatic rings. The van der Waals surface area contributed by atoms with Gasteiger partial charge in [-0.3, -0.25) is 0 Å². The third-order valence-electron chi connectivity index (χ3n) is 2.25. The molecule has 2 heterocycles. The smallest absolute Gasteiger partial charge is 0.190 e. The van der Waals surface area contributed by atoms with Crippen molar-refractivity contribution in [2.45, 2.75) is 51.2 Å². The van der Waals surface area contributed by atoms with Crippen LogP contribution in [0.2, 0.25) is 0 Å². The van der Waals surface area contributed by atoms with Crippen LogP contribution in [0.3, 0.4) is 0 Å². The number of hydrogen-bond acceptors (Lipinski definition) is 4. The lowest BCUT2D eigenvalue weighted by Crippen LogP contribution is -2.33. The maximum Gasteiger partial charge on any atom is 0.190 e. The van der Waals surface area contributed by atoms with Crippen molar-refractivity contribution < 1.29 is 19.3 Å². The first-order chi connectivity index (χ1) is 5.49. The van der Waals surface area contributed by atoms with Crippen molar-refractivity contribution in [3.8, 4) is 0 Å². The summed E-state index contributed by atoms with van der Waals surface area (Å²) in [6.07, 6.45) is -1.49. The number of ether oxygens (including phenoxy) is 3. The number of aliphatic hydroxyl groups excluding tert-OH is 1. The Hall–Kier alpha value is -0.160. The highest BCUT2D eigenvalue weighted by molar-refractivity contribution is 4.90. The van der Waals surface area contributed by atoms with Gasteiger partial charge in [0.1, 0.15) is 12.2 Å². The monoisotopic (exact) mass is 174 g/mol. The van der Waals surface area contributed by atoms with Crippen molar-refractivity contribution in [2.24, 2.45) is 0 Å². The van der Waals surface area contributed by atoms with Crippen molar-refractivity contribution in [3.05, 3.63) is 0 Å². The Labute approximate surface area is 71.4 Å². The molecule has 0 amide bonds. The van der Waals surface area contributed by atoms with E-state index in [-0.39, 0.29) is 12.2 Å². The minimum absolute atomic E-state index is 0.198. The van der Waals surface area contributed by atoms with Crippen LogP contribution in [0.5, 0.6) is 0 Å². The first-order valence-corrected chi connectivity index (χ1v) is 4.19.